The van der Waals surface area contributed by atoms with Crippen molar-refractivity contribution in [2.75, 3.05) is 19.0 Å². The SMILES string of the molecule is COC(=O)c1cccnc1NCCc1cc(F)cc(F)c1. The molecule has 6 heteroatoms. The highest BCUT2D eigenvalue weighted by Gasteiger charge is 2.11. The molecule has 0 atom stereocenters. The lowest BCUT2D eigenvalue weighted by Gasteiger charge is -2.09. The number of carbonyl (C=O) groups is 1. The summed E-state index contributed by atoms with van der Waals surface area (Å²) in [5, 5.41) is 2.96. The fourth-order valence-electron chi connectivity index (χ4n) is 1.90. The maximum Gasteiger partial charge on any atom is 0.341 e. The van der Waals surface area contributed by atoms with Crippen LogP contribution >= 0.6 is 0 Å². The zero-order valence-corrected chi connectivity index (χ0v) is 11.4. The van der Waals surface area contributed by atoms with E-state index in [1.165, 1.54) is 25.4 Å². The summed E-state index contributed by atoms with van der Waals surface area (Å²) < 4.78 is 30.8. The molecule has 2 rings (SSSR count). The maximum absolute atomic E-state index is 13.1. The Hall–Kier alpha value is -2.50. The fourth-order valence-corrected chi connectivity index (χ4v) is 1.90. The lowest BCUT2D eigenvalue weighted by Crippen LogP contribution is -2.12. The third-order valence-electron chi connectivity index (χ3n) is 2.84. The summed E-state index contributed by atoms with van der Waals surface area (Å²) in [6.45, 7) is 0.379. The second-order valence-corrected chi connectivity index (χ2v) is 4.35. The molecule has 2 aromatic rings. The summed E-state index contributed by atoms with van der Waals surface area (Å²) >= 11 is 0. The highest BCUT2D eigenvalue weighted by atomic mass is 19.1. The number of aromatic nitrogens is 1. The molecule has 1 aromatic heterocycles. The van der Waals surface area contributed by atoms with Gasteiger partial charge in [0, 0.05) is 18.8 Å². The van der Waals surface area contributed by atoms with Gasteiger partial charge in [-0.15, -0.1) is 0 Å². The standard InChI is InChI=1S/C15H14F2N2O2/c1-21-15(20)13-3-2-5-18-14(13)19-6-4-10-7-11(16)9-12(17)8-10/h2-3,5,7-9H,4,6H2,1H3,(H,18,19). The van der Waals surface area contributed by atoms with Gasteiger partial charge in [-0.3, -0.25) is 0 Å². The van der Waals surface area contributed by atoms with Crippen LogP contribution in [0.1, 0.15) is 15.9 Å². The van der Waals surface area contributed by atoms with E-state index in [4.69, 9.17) is 0 Å². The molecule has 0 fully saturated rings. The van der Waals surface area contributed by atoms with Crippen molar-refractivity contribution in [2.45, 2.75) is 6.42 Å². The number of nitrogens with zero attached hydrogens (tertiary/aromatic N) is 1. The summed E-state index contributed by atoms with van der Waals surface area (Å²) in [5.74, 6) is -1.35. The molecule has 0 radical (unpaired) electrons. The van der Waals surface area contributed by atoms with Crippen molar-refractivity contribution in [3.8, 4) is 0 Å². The molecule has 0 unspecified atom stereocenters. The average molecular weight is 292 g/mol. The first-order valence-electron chi connectivity index (χ1n) is 6.32. The highest BCUT2D eigenvalue weighted by Crippen LogP contribution is 2.13. The Kier molecular flexibility index (Phi) is 4.81. The Labute approximate surface area is 120 Å². The van der Waals surface area contributed by atoms with Gasteiger partial charge >= 0.3 is 5.97 Å². The van der Waals surface area contributed by atoms with Gasteiger partial charge in [0.1, 0.15) is 23.0 Å². The molecule has 0 aliphatic rings. The van der Waals surface area contributed by atoms with Gasteiger partial charge in [-0.1, -0.05) is 0 Å². The van der Waals surface area contributed by atoms with E-state index in [2.05, 4.69) is 15.0 Å². The van der Waals surface area contributed by atoms with Gasteiger partial charge in [-0.2, -0.15) is 0 Å². The first kappa shape index (κ1) is 14.9. The minimum absolute atomic E-state index is 0.311. The van der Waals surface area contributed by atoms with Crippen molar-refractivity contribution in [3.63, 3.8) is 0 Å². The largest absolute Gasteiger partial charge is 0.465 e. The van der Waals surface area contributed by atoms with Crippen molar-refractivity contribution >= 4 is 11.8 Å². The topological polar surface area (TPSA) is 51.2 Å². The van der Waals surface area contributed by atoms with E-state index in [9.17, 15) is 13.6 Å². The lowest BCUT2D eigenvalue weighted by molar-refractivity contribution is 0.0601. The van der Waals surface area contributed by atoms with Gasteiger partial charge in [0.05, 0.1) is 7.11 Å². The molecular weight excluding hydrogens is 278 g/mol. The van der Waals surface area contributed by atoms with Gasteiger partial charge in [0.2, 0.25) is 0 Å². The Bertz CT molecular complexity index is 627. The number of anilines is 1. The van der Waals surface area contributed by atoms with Gasteiger partial charge < -0.3 is 10.1 Å². The Morgan fingerprint density at radius 3 is 2.67 bits per heavy atom. The Balaban J connectivity index is 2.02. The number of rotatable bonds is 5. The number of halogens is 2. The van der Waals surface area contributed by atoms with E-state index in [0.717, 1.165) is 6.07 Å². The number of carbonyl (C=O) groups excluding carboxylic acids is 1. The molecular formula is C15H14F2N2O2. The van der Waals surface area contributed by atoms with Crippen LogP contribution in [-0.4, -0.2) is 24.6 Å². The second kappa shape index (κ2) is 6.78. The Morgan fingerprint density at radius 2 is 2.00 bits per heavy atom. The number of nitrogens with one attached hydrogen (secondary N) is 1. The molecule has 4 nitrogen and oxygen atoms in total. The summed E-state index contributed by atoms with van der Waals surface area (Å²) in [5.41, 5.74) is 0.834. The third kappa shape index (κ3) is 3.98. The van der Waals surface area contributed by atoms with E-state index in [-0.39, 0.29) is 0 Å². The molecule has 0 bridgehead atoms. The first-order valence-corrected chi connectivity index (χ1v) is 6.32. The van der Waals surface area contributed by atoms with Crippen molar-refractivity contribution in [1.82, 2.24) is 4.98 Å². The molecule has 1 heterocycles. The fraction of sp³-hybridized carbons (Fsp3) is 0.200. The highest BCUT2D eigenvalue weighted by molar-refractivity contribution is 5.94. The van der Waals surface area contributed by atoms with Crippen LogP contribution in [0.15, 0.2) is 36.5 Å². The van der Waals surface area contributed by atoms with Crippen LogP contribution < -0.4 is 5.32 Å². The number of ether oxygens (including phenoxy) is 1. The average Bonchev–Trinajstić information content (AvgIpc) is 2.46. The molecule has 0 aliphatic carbocycles. The van der Waals surface area contributed by atoms with E-state index < -0.39 is 17.6 Å². The molecule has 0 amide bonds. The Morgan fingerprint density at radius 1 is 1.29 bits per heavy atom. The minimum Gasteiger partial charge on any atom is -0.465 e. The molecule has 21 heavy (non-hydrogen) atoms. The smallest absolute Gasteiger partial charge is 0.341 e. The van der Waals surface area contributed by atoms with Crippen LogP contribution in [0.2, 0.25) is 0 Å². The molecule has 110 valence electrons. The molecule has 0 saturated heterocycles. The van der Waals surface area contributed by atoms with Crippen LogP contribution in [0, 0.1) is 11.6 Å². The zero-order chi connectivity index (χ0) is 15.2. The molecule has 1 N–H and O–H groups in total. The van der Waals surface area contributed by atoms with Crippen LogP contribution in [0.3, 0.4) is 0 Å². The van der Waals surface area contributed by atoms with Crippen LogP contribution in [0.4, 0.5) is 14.6 Å². The van der Waals surface area contributed by atoms with E-state index in [1.807, 2.05) is 0 Å². The minimum atomic E-state index is -0.613. The second-order valence-electron chi connectivity index (χ2n) is 4.35. The van der Waals surface area contributed by atoms with Gasteiger partial charge in [0.15, 0.2) is 0 Å². The summed E-state index contributed by atoms with van der Waals surface area (Å²) in [6, 6.07) is 6.57. The van der Waals surface area contributed by atoms with Crippen molar-refractivity contribution < 1.29 is 18.3 Å². The van der Waals surface area contributed by atoms with E-state index in [0.29, 0.717) is 29.9 Å². The predicted octanol–water partition coefficient (Wildman–Crippen LogP) is 2.80. The maximum atomic E-state index is 13.1. The molecule has 1 aromatic carbocycles. The van der Waals surface area contributed by atoms with Crippen LogP contribution in [-0.2, 0) is 11.2 Å². The van der Waals surface area contributed by atoms with Crippen LogP contribution in [0.5, 0.6) is 0 Å². The zero-order valence-electron chi connectivity index (χ0n) is 11.4. The lowest BCUT2D eigenvalue weighted by atomic mass is 10.1. The number of esters is 1. The summed E-state index contributed by atoms with van der Waals surface area (Å²) in [6.07, 6.45) is 1.93. The molecule has 0 aliphatic heterocycles. The van der Waals surface area contributed by atoms with Gasteiger partial charge in [-0.25, -0.2) is 18.6 Å². The number of methoxy groups -OCH3 is 1. The van der Waals surface area contributed by atoms with Crippen LogP contribution in [0.25, 0.3) is 0 Å². The van der Waals surface area contributed by atoms with Gasteiger partial charge in [0.25, 0.3) is 0 Å². The number of hydrogen-bond acceptors (Lipinski definition) is 4. The first-order chi connectivity index (χ1) is 10.1. The number of pyridine rings is 1. The third-order valence-corrected chi connectivity index (χ3v) is 2.84. The predicted molar refractivity (Wildman–Crippen MR) is 74.1 cm³/mol. The molecule has 0 saturated carbocycles. The van der Waals surface area contributed by atoms with E-state index in [1.54, 1.807) is 12.1 Å². The van der Waals surface area contributed by atoms with Crippen molar-refractivity contribution in [2.24, 2.45) is 0 Å². The number of hydrogen-bond donors (Lipinski definition) is 1. The molecule has 0 spiro atoms. The van der Waals surface area contributed by atoms with Gasteiger partial charge in [-0.05, 0) is 36.2 Å². The van der Waals surface area contributed by atoms with Crippen molar-refractivity contribution in [3.05, 3.63) is 59.3 Å². The quantitative estimate of drug-likeness (QED) is 0.861. The normalized spacial score (nSPS) is 10.2. The van der Waals surface area contributed by atoms with Crippen molar-refractivity contribution in [1.29, 1.82) is 0 Å². The number of benzene rings is 1. The monoisotopic (exact) mass is 292 g/mol. The summed E-state index contributed by atoms with van der Waals surface area (Å²) in [4.78, 5) is 15.6. The van der Waals surface area contributed by atoms with E-state index >= 15 is 0 Å². The summed E-state index contributed by atoms with van der Waals surface area (Å²) in [7, 11) is 1.29.